The average Bonchev–Trinajstić information content (AvgIpc) is 2.91. The van der Waals surface area contributed by atoms with Crippen molar-refractivity contribution in [3.8, 4) is 0 Å². The van der Waals surface area contributed by atoms with Crippen LogP contribution in [-0.4, -0.2) is 39.5 Å². The summed E-state index contributed by atoms with van der Waals surface area (Å²) in [6.07, 6.45) is 2.37. The van der Waals surface area contributed by atoms with E-state index >= 15 is 0 Å². The molecule has 1 spiro atoms. The number of anilines is 2. The van der Waals surface area contributed by atoms with Gasteiger partial charge >= 0.3 is 0 Å². The van der Waals surface area contributed by atoms with Crippen molar-refractivity contribution in [1.82, 2.24) is 25.2 Å². The van der Waals surface area contributed by atoms with Crippen LogP contribution in [0.1, 0.15) is 16.9 Å². The quantitative estimate of drug-likeness (QED) is 0.718. The van der Waals surface area contributed by atoms with Crippen LogP contribution in [0.3, 0.4) is 0 Å². The fourth-order valence-corrected chi connectivity index (χ4v) is 3.54. The molecule has 0 aliphatic carbocycles. The molecule has 4 rings (SSSR count). The maximum absolute atomic E-state index is 14.8. The van der Waals surface area contributed by atoms with Crippen LogP contribution in [-0.2, 0) is 5.66 Å². The lowest BCUT2D eigenvalue weighted by molar-refractivity contribution is -0.138. The summed E-state index contributed by atoms with van der Waals surface area (Å²) in [5.74, 6) is -4.06. The highest BCUT2D eigenvalue weighted by molar-refractivity contribution is 6.34. The van der Waals surface area contributed by atoms with Gasteiger partial charge in [-0.15, -0.1) is 0 Å². The van der Waals surface area contributed by atoms with E-state index < -0.39 is 29.5 Å². The Balaban J connectivity index is 1.92. The van der Waals surface area contributed by atoms with Crippen molar-refractivity contribution in [2.24, 2.45) is 0 Å². The molecule has 26 heavy (non-hydrogen) atoms. The number of hydrogen-bond donors (Lipinski definition) is 3. The van der Waals surface area contributed by atoms with Gasteiger partial charge < -0.3 is 16.0 Å². The van der Waals surface area contributed by atoms with Crippen LogP contribution in [0.4, 0.5) is 20.4 Å². The van der Waals surface area contributed by atoms with Crippen molar-refractivity contribution in [3.63, 3.8) is 0 Å². The van der Waals surface area contributed by atoms with Crippen LogP contribution in [0.25, 0.3) is 0 Å². The van der Waals surface area contributed by atoms with Crippen molar-refractivity contribution in [1.29, 1.82) is 0 Å². The van der Waals surface area contributed by atoms with E-state index in [0.717, 1.165) is 4.57 Å². The third kappa shape index (κ3) is 2.29. The second-order valence-electron chi connectivity index (χ2n) is 6.04. The SMILES string of the molecule is O=C1NC2(CNCCC2(F)F)n2c1c(Cl)cc(Nc1ncccn1)c2=O. The summed E-state index contributed by atoms with van der Waals surface area (Å²) in [5.41, 5.74) is -3.44. The van der Waals surface area contributed by atoms with Crippen molar-refractivity contribution < 1.29 is 13.6 Å². The van der Waals surface area contributed by atoms with Gasteiger partial charge in [-0.25, -0.2) is 18.7 Å². The van der Waals surface area contributed by atoms with E-state index in [4.69, 9.17) is 11.6 Å². The Bertz CT molecular complexity index is 951. The third-order valence-electron chi connectivity index (χ3n) is 4.49. The van der Waals surface area contributed by atoms with Crippen LogP contribution in [0.2, 0.25) is 5.02 Å². The van der Waals surface area contributed by atoms with E-state index in [0.29, 0.717) is 0 Å². The molecule has 2 aromatic heterocycles. The van der Waals surface area contributed by atoms with Crippen LogP contribution in [0.15, 0.2) is 29.3 Å². The molecule has 2 aliphatic heterocycles. The molecule has 4 heterocycles. The number of aromatic nitrogens is 3. The Morgan fingerprint density at radius 2 is 2.00 bits per heavy atom. The van der Waals surface area contributed by atoms with E-state index in [2.05, 4.69) is 25.9 Å². The number of nitrogens with one attached hydrogen (secondary N) is 3. The zero-order valence-corrected chi connectivity index (χ0v) is 14.0. The number of hydrogen-bond acceptors (Lipinski definition) is 6. The van der Waals surface area contributed by atoms with Gasteiger partial charge in [0, 0.05) is 31.9 Å². The molecule has 11 heteroatoms. The van der Waals surface area contributed by atoms with Gasteiger partial charge in [-0.3, -0.25) is 14.2 Å². The number of carbonyl (C=O) groups is 1. The topological polar surface area (TPSA) is 101 Å². The predicted octanol–water partition coefficient (Wildman–Crippen LogP) is 1.06. The normalized spacial score (nSPS) is 23.6. The second-order valence-corrected chi connectivity index (χ2v) is 6.45. The second kappa shape index (κ2) is 5.71. The molecule has 2 aromatic rings. The Kier molecular flexibility index (Phi) is 3.70. The molecule has 3 N–H and O–H groups in total. The Morgan fingerprint density at radius 3 is 2.69 bits per heavy atom. The molecule has 8 nitrogen and oxygen atoms in total. The molecule has 1 unspecified atom stereocenters. The predicted molar refractivity (Wildman–Crippen MR) is 88.9 cm³/mol. The molecule has 0 radical (unpaired) electrons. The van der Waals surface area contributed by atoms with Crippen LogP contribution >= 0.6 is 11.6 Å². The van der Waals surface area contributed by atoms with Gasteiger partial charge in [-0.2, -0.15) is 0 Å². The maximum Gasteiger partial charge on any atom is 0.291 e. The van der Waals surface area contributed by atoms with Gasteiger partial charge in [-0.1, -0.05) is 11.6 Å². The van der Waals surface area contributed by atoms with Gasteiger partial charge in [0.2, 0.25) is 5.95 Å². The molecular weight excluding hydrogens is 370 g/mol. The first-order valence-electron chi connectivity index (χ1n) is 7.77. The standard InChI is InChI=1S/C15H13ClF2N6O2/c16-8-6-9(22-13-20-3-1-4-21-13)12(26)24-10(8)11(25)23-15(24)7-19-5-2-14(15,17)18/h1,3-4,6,19H,2,5,7H2,(H,23,25)(H,20,21,22). The minimum Gasteiger partial charge on any atom is -0.321 e. The molecule has 136 valence electrons. The van der Waals surface area contributed by atoms with Gasteiger partial charge in [0.25, 0.3) is 17.4 Å². The molecule has 0 aromatic carbocycles. The van der Waals surface area contributed by atoms with Crippen LogP contribution < -0.4 is 21.5 Å². The molecule has 1 saturated heterocycles. The average molecular weight is 383 g/mol. The summed E-state index contributed by atoms with van der Waals surface area (Å²) < 4.78 is 30.3. The molecule has 1 fully saturated rings. The lowest BCUT2D eigenvalue weighted by Crippen LogP contribution is -2.67. The largest absolute Gasteiger partial charge is 0.321 e. The first-order chi connectivity index (χ1) is 12.4. The van der Waals surface area contributed by atoms with Crippen molar-refractivity contribution in [3.05, 3.63) is 45.6 Å². The number of piperidine rings is 1. The Hall–Kier alpha value is -2.59. The molecule has 0 saturated carbocycles. The number of rotatable bonds is 2. The number of fused-ring (bicyclic) bond motifs is 2. The highest BCUT2D eigenvalue weighted by atomic mass is 35.5. The summed E-state index contributed by atoms with van der Waals surface area (Å²) in [4.78, 5) is 33.1. The maximum atomic E-state index is 14.8. The Labute approximate surface area is 150 Å². The van der Waals surface area contributed by atoms with Crippen LogP contribution in [0, 0.1) is 0 Å². The first kappa shape index (κ1) is 16.9. The van der Waals surface area contributed by atoms with Crippen molar-refractivity contribution >= 4 is 29.1 Å². The highest BCUT2D eigenvalue weighted by Crippen LogP contribution is 2.42. The monoisotopic (exact) mass is 382 g/mol. The highest BCUT2D eigenvalue weighted by Gasteiger charge is 2.62. The smallest absolute Gasteiger partial charge is 0.291 e. The number of carbonyl (C=O) groups excluding carboxylic acids is 1. The van der Waals surface area contributed by atoms with Gasteiger partial charge in [-0.05, 0) is 12.1 Å². The third-order valence-corrected chi connectivity index (χ3v) is 4.77. The summed E-state index contributed by atoms with van der Waals surface area (Å²) in [5, 5.41) is 7.61. The fourth-order valence-electron chi connectivity index (χ4n) is 3.27. The van der Waals surface area contributed by atoms with E-state index in [1.165, 1.54) is 18.5 Å². The molecule has 0 bridgehead atoms. The number of halogens is 3. The summed E-state index contributed by atoms with van der Waals surface area (Å²) in [7, 11) is 0. The summed E-state index contributed by atoms with van der Waals surface area (Å²) in [6.45, 7) is -0.238. The van der Waals surface area contributed by atoms with E-state index in [9.17, 15) is 18.4 Å². The zero-order valence-electron chi connectivity index (χ0n) is 13.2. The lowest BCUT2D eigenvalue weighted by Gasteiger charge is -2.42. The number of amides is 1. The zero-order chi connectivity index (χ0) is 18.5. The summed E-state index contributed by atoms with van der Waals surface area (Å²) >= 11 is 6.14. The van der Waals surface area contributed by atoms with Gasteiger partial charge in [0.15, 0.2) is 5.66 Å². The Morgan fingerprint density at radius 1 is 1.27 bits per heavy atom. The molecular formula is C15H13ClF2N6O2. The van der Waals surface area contributed by atoms with Crippen molar-refractivity contribution in [2.45, 2.75) is 18.0 Å². The van der Waals surface area contributed by atoms with E-state index in [-0.39, 0.29) is 35.4 Å². The van der Waals surface area contributed by atoms with E-state index in [1.54, 1.807) is 6.07 Å². The minimum absolute atomic E-state index is 0.0677. The molecule has 1 amide bonds. The minimum atomic E-state index is -3.34. The van der Waals surface area contributed by atoms with Gasteiger partial charge in [0.1, 0.15) is 11.4 Å². The van der Waals surface area contributed by atoms with Crippen LogP contribution in [0.5, 0.6) is 0 Å². The number of pyridine rings is 1. The van der Waals surface area contributed by atoms with Gasteiger partial charge in [0.05, 0.1) is 5.02 Å². The van der Waals surface area contributed by atoms with Crippen molar-refractivity contribution in [2.75, 3.05) is 18.4 Å². The number of nitrogens with zero attached hydrogens (tertiary/aromatic N) is 3. The molecule has 2 aliphatic rings. The first-order valence-corrected chi connectivity index (χ1v) is 8.15. The lowest BCUT2D eigenvalue weighted by atomic mass is 9.95. The summed E-state index contributed by atoms with van der Waals surface area (Å²) in [6, 6.07) is 2.79. The van der Waals surface area contributed by atoms with E-state index in [1.807, 2.05) is 0 Å². The molecule has 1 atom stereocenters. The fraction of sp³-hybridized carbons (Fsp3) is 0.333. The number of alkyl halides is 2.